The first-order chi connectivity index (χ1) is 15.5. The van der Waals surface area contributed by atoms with Gasteiger partial charge in [0.15, 0.2) is 0 Å². The van der Waals surface area contributed by atoms with Crippen LogP contribution in [0.4, 0.5) is 5.69 Å². The summed E-state index contributed by atoms with van der Waals surface area (Å²) in [6.07, 6.45) is 3.43. The number of nitrogens with zero attached hydrogens (tertiary/aromatic N) is 4. The number of para-hydroxylation sites is 2. The largest absolute Gasteiger partial charge is 0.495 e. The molecule has 2 amide bonds. The predicted molar refractivity (Wildman–Crippen MR) is 117 cm³/mol. The number of rotatable bonds is 7. The maximum absolute atomic E-state index is 13.1. The Morgan fingerprint density at radius 3 is 2.69 bits per heavy atom. The summed E-state index contributed by atoms with van der Waals surface area (Å²) in [7, 11) is 1.56. The molecule has 1 fully saturated rings. The molecular weight excluding hydrogens is 410 g/mol. The molecular formula is C23H25N5O4. The Hall–Kier alpha value is -3.75. The van der Waals surface area contributed by atoms with E-state index in [4.69, 9.17) is 9.26 Å². The summed E-state index contributed by atoms with van der Waals surface area (Å²) in [5, 5.41) is 7.04. The zero-order valence-corrected chi connectivity index (χ0v) is 18.2. The van der Waals surface area contributed by atoms with Crippen LogP contribution in [0.5, 0.6) is 5.75 Å². The lowest BCUT2D eigenvalue weighted by Gasteiger charge is -2.22. The van der Waals surface area contributed by atoms with Crippen molar-refractivity contribution in [3.63, 3.8) is 0 Å². The van der Waals surface area contributed by atoms with Crippen LogP contribution in [-0.4, -0.2) is 40.6 Å². The molecule has 3 heterocycles. The van der Waals surface area contributed by atoms with E-state index in [0.29, 0.717) is 23.2 Å². The van der Waals surface area contributed by atoms with E-state index in [1.165, 1.54) is 0 Å². The maximum Gasteiger partial charge on any atom is 0.249 e. The number of hydrogen-bond acceptors (Lipinski definition) is 7. The summed E-state index contributed by atoms with van der Waals surface area (Å²) in [5.41, 5.74) is 1.44. The Morgan fingerprint density at radius 1 is 1.22 bits per heavy atom. The quantitative estimate of drug-likeness (QED) is 0.607. The van der Waals surface area contributed by atoms with Gasteiger partial charge >= 0.3 is 0 Å². The highest BCUT2D eigenvalue weighted by molar-refractivity contribution is 6.01. The lowest BCUT2D eigenvalue weighted by atomic mass is 10.0. The minimum absolute atomic E-state index is 0.00659. The van der Waals surface area contributed by atoms with Crippen LogP contribution < -0.4 is 15.0 Å². The lowest BCUT2D eigenvalue weighted by Crippen LogP contribution is -2.37. The van der Waals surface area contributed by atoms with Crippen LogP contribution in [0.15, 0.2) is 53.3 Å². The van der Waals surface area contributed by atoms with E-state index in [1.807, 2.05) is 32.0 Å². The molecule has 1 aromatic carbocycles. The lowest BCUT2D eigenvalue weighted by molar-refractivity contribution is -0.127. The maximum atomic E-state index is 13.1. The van der Waals surface area contributed by atoms with Crippen molar-refractivity contribution in [2.45, 2.75) is 26.3 Å². The van der Waals surface area contributed by atoms with E-state index < -0.39 is 12.0 Å². The Bertz CT molecular complexity index is 1100. The average molecular weight is 435 g/mol. The molecule has 1 saturated heterocycles. The first-order valence-electron chi connectivity index (χ1n) is 10.5. The van der Waals surface area contributed by atoms with Crippen molar-refractivity contribution in [2.75, 3.05) is 18.6 Å². The molecule has 0 bridgehead atoms. The van der Waals surface area contributed by atoms with Crippen molar-refractivity contribution >= 4 is 17.5 Å². The Morgan fingerprint density at radius 2 is 1.97 bits per heavy atom. The Labute approximate surface area is 185 Å². The summed E-state index contributed by atoms with van der Waals surface area (Å²) in [5.74, 6) is 0.526. The van der Waals surface area contributed by atoms with Gasteiger partial charge in [-0.05, 0) is 30.2 Å². The van der Waals surface area contributed by atoms with E-state index in [1.54, 1.807) is 42.6 Å². The molecule has 1 aliphatic rings. The number of aromatic nitrogens is 3. The van der Waals surface area contributed by atoms with E-state index >= 15 is 0 Å². The minimum atomic E-state index is -0.490. The number of carbonyl (C=O) groups excluding carboxylic acids is 2. The number of ether oxygens (including phenoxy) is 1. The number of pyridine rings is 1. The fraction of sp³-hybridized carbons (Fsp3) is 0.348. The molecule has 1 aliphatic heterocycles. The highest BCUT2D eigenvalue weighted by Gasteiger charge is 2.38. The van der Waals surface area contributed by atoms with Gasteiger partial charge in [0.2, 0.25) is 23.5 Å². The van der Waals surface area contributed by atoms with E-state index in [2.05, 4.69) is 20.4 Å². The summed E-state index contributed by atoms with van der Waals surface area (Å²) < 4.78 is 10.8. The highest BCUT2D eigenvalue weighted by Crippen LogP contribution is 2.33. The number of hydrogen-bond donors (Lipinski definition) is 1. The number of amides is 2. The van der Waals surface area contributed by atoms with Crippen molar-refractivity contribution in [3.05, 3.63) is 54.7 Å². The van der Waals surface area contributed by atoms with Gasteiger partial charge in [-0.25, -0.2) is 0 Å². The molecule has 4 rings (SSSR count). The Kier molecular flexibility index (Phi) is 6.16. The molecule has 9 heteroatoms. The predicted octanol–water partition coefficient (Wildman–Crippen LogP) is 3.01. The van der Waals surface area contributed by atoms with Crippen LogP contribution >= 0.6 is 0 Å². The second-order valence-electron chi connectivity index (χ2n) is 8.00. The van der Waals surface area contributed by atoms with Gasteiger partial charge in [-0.15, -0.1) is 0 Å². The van der Waals surface area contributed by atoms with Gasteiger partial charge in [0.05, 0.1) is 18.7 Å². The summed E-state index contributed by atoms with van der Waals surface area (Å²) in [6, 6.07) is 10.4. The fourth-order valence-corrected chi connectivity index (χ4v) is 3.73. The van der Waals surface area contributed by atoms with Crippen LogP contribution in [0, 0.1) is 11.8 Å². The number of benzene rings is 1. The van der Waals surface area contributed by atoms with Crippen LogP contribution in [0.3, 0.4) is 0 Å². The highest BCUT2D eigenvalue weighted by atomic mass is 16.5. The third-order valence-corrected chi connectivity index (χ3v) is 5.48. The smallest absolute Gasteiger partial charge is 0.249 e. The van der Waals surface area contributed by atoms with Gasteiger partial charge in [-0.3, -0.25) is 14.6 Å². The molecule has 2 aromatic heterocycles. The van der Waals surface area contributed by atoms with Crippen LogP contribution in [0.25, 0.3) is 11.4 Å². The first kappa shape index (κ1) is 21.5. The Balaban J connectivity index is 1.48. The second-order valence-corrected chi connectivity index (χ2v) is 8.00. The van der Waals surface area contributed by atoms with Gasteiger partial charge in [0, 0.05) is 30.9 Å². The summed E-state index contributed by atoms with van der Waals surface area (Å²) >= 11 is 0. The van der Waals surface area contributed by atoms with Gasteiger partial charge in [0.25, 0.3) is 0 Å². The SMILES string of the molecule is COc1ccccc1N1CC(C(=O)NC(c2nc(-c3ccncc3)no2)C(C)C)CC1=O. The molecule has 1 N–H and O–H groups in total. The molecule has 0 radical (unpaired) electrons. The summed E-state index contributed by atoms with van der Waals surface area (Å²) in [4.78, 5) is 35.8. The van der Waals surface area contributed by atoms with Crippen LogP contribution in [0.1, 0.15) is 32.2 Å². The molecule has 2 unspecified atom stereocenters. The number of carbonyl (C=O) groups is 2. The van der Waals surface area contributed by atoms with E-state index in [9.17, 15) is 9.59 Å². The standard InChI is InChI=1S/C23H25N5O4/c1-14(2)20(23-26-21(27-32-23)15-8-10-24-11-9-15)25-22(30)16-12-19(29)28(13-16)17-6-4-5-7-18(17)31-3/h4-11,14,16,20H,12-13H2,1-3H3,(H,25,30). The first-order valence-corrected chi connectivity index (χ1v) is 10.5. The third-order valence-electron chi connectivity index (χ3n) is 5.48. The zero-order valence-electron chi connectivity index (χ0n) is 18.2. The van der Waals surface area contributed by atoms with Crippen molar-refractivity contribution in [3.8, 4) is 17.1 Å². The molecule has 32 heavy (non-hydrogen) atoms. The molecule has 3 aromatic rings. The fourth-order valence-electron chi connectivity index (χ4n) is 3.73. The molecule has 166 valence electrons. The summed E-state index contributed by atoms with van der Waals surface area (Å²) in [6.45, 7) is 4.20. The van der Waals surface area contributed by atoms with E-state index in [-0.39, 0.29) is 30.7 Å². The minimum Gasteiger partial charge on any atom is -0.495 e. The van der Waals surface area contributed by atoms with Crippen molar-refractivity contribution < 1.29 is 18.8 Å². The van der Waals surface area contributed by atoms with Gasteiger partial charge < -0.3 is 19.5 Å². The average Bonchev–Trinajstić information content (AvgIpc) is 3.45. The second kappa shape index (κ2) is 9.17. The number of anilines is 1. The van der Waals surface area contributed by atoms with E-state index in [0.717, 1.165) is 5.56 Å². The molecule has 0 spiro atoms. The molecule has 9 nitrogen and oxygen atoms in total. The molecule has 2 atom stereocenters. The number of nitrogens with one attached hydrogen (secondary N) is 1. The van der Waals surface area contributed by atoms with Crippen molar-refractivity contribution in [1.82, 2.24) is 20.4 Å². The van der Waals surface area contributed by atoms with Crippen molar-refractivity contribution in [2.24, 2.45) is 11.8 Å². The molecule has 0 aliphatic carbocycles. The topological polar surface area (TPSA) is 110 Å². The van der Waals surface area contributed by atoms with Crippen LogP contribution in [-0.2, 0) is 9.59 Å². The van der Waals surface area contributed by atoms with Crippen LogP contribution in [0.2, 0.25) is 0 Å². The van der Waals surface area contributed by atoms with Gasteiger partial charge in [-0.2, -0.15) is 4.98 Å². The van der Waals surface area contributed by atoms with Gasteiger partial charge in [-0.1, -0.05) is 31.1 Å². The monoisotopic (exact) mass is 435 g/mol. The number of methoxy groups -OCH3 is 1. The van der Waals surface area contributed by atoms with Crippen molar-refractivity contribution in [1.29, 1.82) is 0 Å². The molecule has 0 saturated carbocycles. The third kappa shape index (κ3) is 4.32. The van der Waals surface area contributed by atoms with Gasteiger partial charge in [0.1, 0.15) is 11.8 Å². The zero-order chi connectivity index (χ0) is 22.7. The normalized spacial score (nSPS) is 16.9.